The maximum atomic E-state index is 5.59. The van der Waals surface area contributed by atoms with E-state index in [1.807, 2.05) is 35.0 Å². The SMILES string of the molecule is CN=C(NCc1coc(-c2ccccc2)n1)NC1CCc2nc(COC)nn2C1.I. The summed E-state index contributed by atoms with van der Waals surface area (Å²) in [7, 11) is 3.41. The summed E-state index contributed by atoms with van der Waals surface area (Å²) in [5.41, 5.74) is 1.78. The Labute approximate surface area is 192 Å². The molecule has 0 aliphatic carbocycles. The minimum absolute atomic E-state index is 0. The Morgan fingerprint density at radius 3 is 2.90 bits per heavy atom. The van der Waals surface area contributed by atoms with Crippen LogP contribution in [0.3, 0.4) is 0 Å². The molecule has 4 rings (SSSR count). The summed E-state index contributed by atoms with van der Waals surface area (Å²) in [4.78, 5) is 13.4. The highest BCUT2D eigenvalue weighted by Gasteiger charge is 2.22. The van der Waals surface area contributed by atoms with E-state index in [4.69, 9.17) is 9.15 Å². The topological polar surface area (TPSA) is 102 Å². The third-order valence-corrected chi connectivity index (χ3v) is 4.75. The van der Waals surface area contributed by atoms with Gasteiger partial charge in [-0.2, -0.15) is 5.10 Å². The highest BCUT2D eigenvalue weighted by atomic mass is 127. The first kappa shape index (κ1) is 22.2. The maximum absolute atomic E-state index is 5.59. The predicted octanol–water partition coefficient (Wildman–Crippen LogP) is 2.38. The molecule has 3 aromatic rings. The highest BCUT2D eigenvalue weighted by Crippen LogP contribution is 2.18. The molecule has 10 heteroatoms. The lowest BCUT2D eigenvalue weighted by atomic mass is 10.1. The molecular formula is C20H26IN7O2. The Kier molecular flexibility index (Phi) is 7.80. The molecule has 9 nitrogen and oxygen atoms in total. The van der Waals surface area contributed by atoms with Gasteiger partial charge in [0.1, 0.15) is 18.7 Å². The number of benzene rings is 1. The summed E-state index contributed by atoms with van der Waals surface area (Å²) in [6, 6.07) is 10.1. The average Bonchev–Trinajstić information content (AvgIpc) is 3.38. The third kappa shape index (κ3) is 5.36. The van der Waals surface area contributed by atoms with Gasteiger partial charge in [-0.1, -0.05) is 18.2 Å². The highest BCUT2D eigenvalue weighted by molar-refractivity contribution is 14.0. The standard InChI is InChI=1S/C20H25N7O2.HI/c1-21-20(22-10-16-12-29-19(23-16)14-6-4-3-5-7-14)24-15-8-9-18-25-17(13-28-2)26-27(18)11-15;/h3-7,12,15H,8-11,13H2,1-2H3,(H2,21,22,24);1H. The summed E-state index contributed by atoms with van der Waals surface area (Å²) in [5.74, 6) is 3.07. The van der Waals surface area contributed by atoms with E-state index in [1.54, 1.807) is 20.4 Å². The molecule has 160 valence electrons. The van der Waals surface area contributed by atoms with E-state index < -0.39 is 0 Å². The Bertz CT molecular complexity index is 971. The number of methoxy groups -OCH3 is 1. The van der Waals surface area contributed by atoms with Gasteiger partial charge in [-0.3, -0.25) is 4.99 Å². The molecule has 0 saturated carbocycles. The van der Waals surface area contributed by atoms with Gasteiger partial charge >= 0.3 is 0 Å². The van der Waals surface area contributed by atoms with Crippen molar-refractivity contribution in [1.82, 2.24) is 30.4 Å². The van der Waals surface area contributed by atoms with Crippen molar-refractivity contribution in [2.45, 2.75) is 38.6 Å². The van der Waals surface area contributed by atoms with Gasteiger partial charge in [0.05, 0.1) is 18.8 Å². The van der Waals surface area contributed by atoms with Crippen LogP contribution in [0.1, 0.15) is 23.8 Å². The number of aryl methyl sites for hydroxylation is 1. The molecule has 1 aliphatic heterocycles. The molecule has 0 amide bonds. The fraction of sp³-hybridized carbons (Fsp3) is 0.400. The van der Waals surface area contributed by atoms with E-state index in [1.165, 1.54) is 0 Å². The smallest absolute Gasteiger partial charge is 0.226 e. The number of hydrogen-bond acceptors (Lipinski definition) is 6. The Morgan fingerprint density at radius 2 is 2.13 bits per heavy atom. The van der Waals surface area contributed by atoms with Crippen molar-refractivity contribution in [1.29, 1.82) is 0 Å². The second-order valence-corrected chi connectivity index (χ2v) is 6.88. The van der Waals surface area contributed by atoms with E-state index >= 15 is 0 Å². The Hall–Kier alpha value is -2.47. The number of nitrogens with zero attached hydrogens (tertiary/aromatic N) is 5. The Balaban J connectivity index is 0.00000256. The average molecular weight is 523 g/mol. The zero-order valence-corrected chi connectivity index (χ0v) is 19.4. The van der Waals surface area contributed by atoms with Crippen molar-refractivity contribution >= 4 is 29.9 Å². The van der Waals surface area contributed by atoms with Gasteiger partial charge in [0.25, 0.3) is 0 Å². The van der Waals surface area contributed by atoms with E-state index in [-0.39, 0.29) is 30.0 Å². The number of rotatable bonds is 6. The molecule has 1 aromatic carbocycles. The van der Waals surface area contributed by atoms with Gasteiger partial charge in [0, 0.05) is 32.2 Å². The van der Waals surface area contributed by atoms with Crippen molar-refractivity contribution in [3.05, 3.63) is 53.9 Å². The second kappa shape index (κ2) is 10.5. The van der Waals surface area contributed by atoms with Gasteiger partial charge in [-0.25, -0.2) is 14.6 Å². The van der Waals surface area contributed by atoms with Crippen LogP contribution < -0.4 is 10.6 Å². The molecule has 3 heterocycles. The van der Waals surface area contributed by atoms with E-state index in [0.29, 0.717) is 19.0 Å². The summed E-state index contributed by atoms with van der Waals surface area (Å²) in [6.07, 6.45) is 3.51. The van der Waals surface area contributed by atoms with Crippen LogP contribution in [0.4, 0.5) is 0 Å². The Morgan fingerprint density at radius 1 is 1.30 bits per heavy atom. The van der Waals surface area contributed by atoms with Gasteiger partial charge in [-0.15, -0.1) is 24.0 Å². The predicted molar refractivity (Wildman–Crippen MR) is 124 cm³/mol. The maximum Gasteiger partial charge on any atom is 0.226 e. The molecule has 30 heavy (non-hydrogen) atoms. The zero-order valence-electron chi connectivity index (χ0n) is 17.0. The summed E-state index contributed by atoms with van der Waals surface area (Å²) in [5, 5.41) is 11.3. The van der Waals surface area contributed by atoms with E-state index in [0.717, 1.165) is 48.3 Å². The van der Waals surface area contributed by atoms with Crippen LogP contribution in [0.5, 0.6) is 0 Å². The number of aromatic nitrogens is 4. The number of halogens is 1. The molecule has 1 atom stereocenters. The molecule has 1 aliphatic rings. The minimum atomic E-state index is 0. The van der Waals surface area contributed by atoms with Crippen molar-refractivity contribution in [2.75, 3.05) is 14.2 Å². The van der Waals surface area contributed by atoms with Crippen LogP contribution in [0, 0.1) is 0 Å². The normalized spacial score (nSPS) is 15.9. The molecule has 0 spiro atoms. The molecule has 0 saturated heterocycles. The largest absolute Gasteiger partial charge is 0.444 e. The van der Waals surface area contributed by atoms with Gasteiger partial charge in [0.2, 0.25) is 5.89 Å². The van der Waals surface area contributed by atoms with Crippen LogP contribution >= 0.6 is 24.0 Å². The molecular weight excluding hydrogens is 497 g/mol. The fourth-order valence-electron chi connectivity index (χ4n) is 3.33. The first-order valence-corrected chi connectivity index (χ1v) is 9.63. The van der Waals surface area contributed by atoms with Crippen molar-refractivity contribution in [3.63, 3.8) is 0 Å². The van der Waals surface area contributed by atoms with Crippen molar-refractivity contribution in [2.24, 2.45) is 4.99 Å². The van der Waals surface area contributed by atoms with Crippen molar-refractivity contribution in [3.8, 4) is 11.5 Å². The quantitative estimate of drug-likeness (QED) is 0.291. The third-order valence-electron chi connectivity index (χ3n) is 4.75. The minimum Gasteiger partial charge on any atom is -0.444 e. The summed E-state index contributed by atoms with van der Waals surface area (Å²) in [6.45, 7) is 1.70. The monoisotopic (exact) mass is 523 g/mol. The van der Waals surface area contributed by atoms with Crippen LogP contribution in [-0.4, -0.2) is 45.9 Å². The first-order chi connectivity index (χ1) is 14.2. The number of hydrogen-bond donors (Lipinski definition) is 2. The van der Waals surface area contributed by atoms with Crippen LogP contribution in [0.15, 0.2) is 46.0 Å². The number of oxazole rings is 1. The second-order valence-electron chi connectivity index (χ2n) is 6.88. The van der Waals surface area contributed by atoms with Gasteiger partial charge in [-0.05, 0) is 18.6 Å². The number of ether oxygens (including phenoxy) is 1. The fourth-order valence-corrected chi connectivity index (χ4v) is 3.33. The molecule has 2 N–H and O–H groups in total. The number of guanidine groups is 1. The van der Waals surface area contributed by atoms with Crippen LogP contribution in [0.2, 0.25) is 0 Å². The molecule has 2 aromatic heterocycles. The van der Waals surface area contributed by atoms with Crippen LogP contribution in [-0.2, 0) is 30.9 Å². The first-order valence-electron chi connectivity index (χ1n) is 9.63. The van der Waals surface area contributed by atoms with Gasteiger partial charge in [0.15, 0.2) is 11.8 Å². The zero-order chi connectivity index (χ0) is 20.1. The molecule has 0 fully saturated rings. The lowest BCUT2D eigenvalue weighted by Gasteiger charge is -2.25. The number of aliphatic imine (C=N–C) groups is 1. The number of fused-ring (bicyclic) bond motifs is 1. The summed E-state index contributed by atoms with van der Waals surface area (Å²) < 4.78 is 12.7. The molecule has 0 bridgehead atoms. The number of nitrogens with one attached hydrogen (secondary N) is 2. The lowest BCUT2D eigenvalue weighted by molar-refractivity contribution is 0.177. The lowest BCUT2D eigenvalue weighted by Crippen LogP contribution is -2.46. The molecule has 0 radical (unpaired) electrons. The van der Waals surface area contributed by atoms with E-state index in [2.05, 4.69) is 30.7 Å². The summed E-state index contributed by atoms with van der Waals surface area (Å²) >= 11 is 0. The van der Waals surface area contributed by atoms with Crippen molar-refractivity contribution < 1.29 is 9.15 Å². The van der Waals surface area contributed by atoms with Crippen LogP contribution in [0.25, 0.3) is 11.5 Å². The van der Waals surface area contributed by atoms with Gasteiger partial charge < -0.3 is 19.8 Å². The molecule has 1 unspecified atom stereocenters. The van der Waals surface area contributed by atoms with E-state index in [9.17, 15) is 0 Å².